The van der Waals surface area contributed by atoms with Gasteiger partial charge < -0.3 is 9.64 Å². The molecule has 0 saturated carbocycles. The van der Waals surface area contributed by atoms with Crippen molar-refractivity contribution in [2.75, 3.05) is 30.5 Å². The number of rotatable bonds is 10. The predicted molar refractivity (Wildman–Crippen MR) is 111 cm³/mol. The minimum absolute atomic E-state index is 0.132. The Hall–Kier alpha value is -2.54. The van der Waals surface area contributed by atoms with Gasteiger partial charge in [-0.25, -0.2) is 8.42 Å². The fourth-order valence-corrected chi connectivity index (χ4v) is 4.36. The van der Waals surface area contributed by atoms with Crippen LogP contribution in [0.4, 0.5) is 5.69 Å². The fourth-order valence-electron chi connectivity index (χ4n) is 2.91. The van der Waals surface area contributed by atoms with Gasteiger partial charge >= 0.3 is 0 Å². The highest BCUT2D eigenvalue weighted by Gasteiger charge is 2.30. The Morgan fingerprint density at radius 2 is 1.61 bits per heavy atom. The average molecular weight is 405 g/mol. The highest BCUT2D eigenvalue weighted by molar-refractivity contribution is 7.92. The van der Waals surface area contributed by atoms with Gasteiger partial charge in [0.1, 0.15) is 12.3 Å². The standard InChI is InChI=1S/C21H28N2O4S/c1-4-16-22(5-2)21(24)17-23(19-14-10-11-15-20(19)27-6-3)28(25,26)18-12-8-7-9-13-18/h7-15H,4-6,16-17H2,1-3H3. The van der Waals surface area contributed by atoms with Crippen LogP contribution in [-0.2, 0) is 14.8 Å². The molecule has 1 amide bonds. The minimum Gasteiger partial charge on any atom is -0.492 e. The summed E-state index contributed by atoms with van der Waals surface area (Å²) in [6, 6.07) is 15.0. The molecular formula is C21H28N2O4S. The molecule has 0 radical (unpaired) electrons. The number of carbonyl (C=O) groups excluding carboxylic acids is 1. The third kappa shape index (κ3) is 5.04. The van der Waals surface area contributed by atoms with E-state index in [2.05, 4.69) is 0 Å². The molecule has 2 aromatic carbocycles. The minimum atomic E-state index is -3.94. The van der Waals surface area contributed by atoms with Crippen molar-refractivity contribution in [3.63, 3.8) is 0 Å². The largest absolute Gasteiger partial charge is 0.492 e. The van der Waals surface area contributed by atoms with E-state index in [-0.39, 0.29) is 17.3 Å². The molecule has 0 atom stereocenters. The van der Waals surface area contributed by atoms with Gasteiger partial charge in [-0.15, -0.1) is 0 Å². The summed E-state index contributed by atoms with van der Waals surface area (Å²) in [4.78, 5) is 14.7. The quantitative estimate of drug-likeness (QED) is 0.607. The Morgan fingerprint density at radius 1 is 0.964 bits per heavy atom. The van der Waals surface area contributed by atoms with E-state index < -0.39 is 10.0 Å². The Kier molecular flexibility index (Phi) is 7.87. The number of carbonyl (C=O) groups is 1. The van der Waals surface area contributed by atoms with Gasteiger partial charge in [-0.1, -0.05) is 37.3 Å². The van der Waals surface area contributed by atoms with Crippen LogP contribution in [0.15, 0.2) is 59.5 Å². The van der Waals surface area contributed by atoms with Crippen LogP contribution in [0.25, 0.3) is 0 Å². The lowest BCUT2D eigenvalue weighted by Gasteiger charge is -2.28. The zero-order chi connectivity index (χ0) is 20.6. The van der Waals surface area contributed by atoms with Gasteiger partial charge in [-0.2, -0.15) is 0 Å². The summed E-state index contributed by atoms with van der Waals surface area (Å²) in [5.74, 6) is 0.186. The summed E-state index contributed by atoms with van der Waals surface area (Å²) in [7, 11) is -3.94. The lowest BCUT2D eigenvalue weighted by Crippen LogP contribution is -2.43. The van der Waals surface area contributed by atoms with Crippen LogP contribution >= 0.6 is 0 Å². The summed E-state index contributed by atoms with van der Waals surface area (Å²) >= 11 is 0. The van der Waals surface area contributed by atoms with E-state index in [1.54, 1.807) is 47.4 Å². The molecule has 0 aliphatic rings. The number of likely N-dealkylation sites (N-methyl/N-ethyl adjacent to an activating group) is 1. The number of anilines is 1. The maximum Gasteiger partial charge on any atom is 0.264 e. The molecule has 2 rings (SSSR count). The molecule has 28 heavy (non-hydrogen) atoms. The number of nitrogens with zero attached hydrogens (tertiary/aromatic N) is 2. The van der Waals surface area contributed by atoms with E-state index in [1.807, 2.05) is 20.8 Å². The van der Waals surface area contributed by atoms with Crippen molar-refractivity contribution in [1.82, 2.24) is 4.90 Å². The molecular weight excluding hydrogens is 376 g/mol. The van der Waals surface area contributed by atoms with Crippen molar-refractivity contribution < 1.29 is 17.9 Å². The Morgan fingerprint density at radius 3 is 2.21 bits per heavy atom. The molecule has 2 aromatic rings. The van der Waals surface area contributed by atoms with Gasteiger partial charge in [0.05, 0.1) is 17.2 Å². The first kappa shape index (κ1) is 21.8. The second-order valence-electron chi connectivity index (χ2n) is 6.20. The van der Waals surface area contributed by atoms with Crippen molar-refractivity contribution in [2.45, 2.75) is 32.1 Å². The Labute approximate surface area is 167 Å². The van der Waals surface area contributed by atoms with E-state index >= 15 is 0 Å². The van der Waals surface area contributed by atoms with Crippen molar-refractivity contribution in [2.24, 2.45) is 0 Å². The second-order valence-corrected chi connectivity index (χ2v) is 8.06. The van der Waals surface area contributed by atoms with Crippen LogP contribution in [0.5, 0.6) is 5.75 Å². The number of hydrogen-bond acceptors (Lipinski definition) is 4. The van der Waals surface area contributed by atoms with Gasteiger partial charge in [-0.3, -0.25) is 9.10 Å². The number of sulfonamides is 1. The number of ether oxygens (including phenoxy) is 1. The summed E-state index contributed by atoms with van der Waals surface area (Å²) in [5, 5.41) is 0. The van der Waals surface area contributed by atoms with E-state index in [1.165, 1.54) is 12.1 Å². The van der Waals surface area contributed by atoms with Gasteiger partial charge in [0.15, 0.2) is 0 Å². The molecule has 7 heteroatoms. The van der Waals surface area contributed by atoms with Gasteiger partial charge in [0.25, 0.3) is 10.0 Å². The lowest BCUT2D eigenvalue weighted by atomic mass is 10.3. The SMILES string of the molecule is CCCN(CC)C(=O)CN(c1ccccc1OCC)S(=O)(=O)c1ccccc1. The summed E-state index contributed by atoms with van der Waals surface area (Å²) in [6.45, 7) is 6.92. The molecule has 0 aliphatic heterocycles. The van der Waals surface area contributed by atoms with E-state index in [4.69, 9.17) is 4.74 Å². The van der Waals surface area contributed by atoms with Crippen LogP contribution in [0.1, 0.15) is 27.2 Å². The Bertz CT molecular complexity index is 869. The normalized spacial score (nSPS) is 11.1. The first-order valence-electron chi connectivity index (χ1n) is 9.53. The maximum atomic E-state index is 13.4. The predicted octanol–water partition coefficient (Wildman–Crippen LogP) is 3.54. The monoisotopic (exact) mass is 404 g/mol. The number of para-hydroxylation sites is 2. The van der Waals surface area contributed by atoms with Crippen LogP contribution in [0, 0.1) is 0 Å². The number of benzene rings is 2. The van der Waals surface area contributed by atoms with Gasteiger partial charge in [0.2, 0.25) is 5.91 Å². The average Bonchev–Trinajstić information content (AvgIpc) is 2.71. The first-order chi connectivity index (χ1) is 13.5. The van der Waals surface area contributed by atoms with Gasteiger partial charge in [0, 0.05) is 13.1 Å². The highest BCUT2D eigenvalue weighted by Crippen LogP contribution is 2.32. The number of amides is 1. The zero-order valence-electron chi connectivity index (χ0n) is 16.7. The van der Waals surface area contributed by atoms with Crippen LogP contribution in [-0.4, -0.2) is 45.5 Å². The molecule has 0 fully saturated rings. The molecule has 152 valence electrons. The molecule has 0 saturated heterocycles. The van der Waals surface area contributed by atoms with E-state index in [9.17, 15) is 13.2 Å². The molecule has 0 heterocycles. The maximum absolute atomic E-state index is 13.4. The first-order valence-corrected chi connectivity index (χ1v) is 11.0. The molecule has 0 aliphatic carbocycles. The molecule has 0 unspecified atom stereocenters. The van der Waals surface area contributed by atoms with E-state index in [0.717, 1.165) is 10.7 Å². The van der Waals surface area contributed by atoms with Crippen LogP contribution < -0.4 is 9.04 Å². The third-order valence-corrected chi connectivity index (χ3v) is 6.05. The summed E-state index contributed by atoms with van der Waals surface area (Å²) in [6.07, 6.45) is 0.806. The summed E-state index contributed by atoms with van der Waals surface area (Å²) < 4.78 is 33.6. The van der Waals surface area contributed by atoms with Crippen molar-refractivity contribution >= 4 is 21.6 Å². The van der Waals surface area contributed by atoms with Crippen molar-refractivity contribution in [1.29, 1.82) is 0 Å². The topological polar surface area (TPSA) is 66.9 Å². The number of hydrogen-bond donors (Lipinski definition) is 0. The molecule has 6 nitrogen and oxygen atoms in total. The van der Waals surface area contributed by atoms with Crippen molar-refractivity contribution in [3.05, 3.63) is 54.6 Å². The second kappa shape index (κ2) is 10.1. The van der Waals surface area contributed by atoms with Gasteiger partial charge in [-0.05, 0) is 44.5 Å². The lowest BCUT2D eigenvalue weighted by molar-refractivity contribution is -0.129. The highest BCUT2D eigenvalue weighted by atomic mass is 32.2. The van der Waals surface area contributed by atoms with Crippen LogP contribution in [0.3, 0.4) is 0 Å². The smallest absolute Gasteiger partial charge is 0.264 e. The zero-order valence-corrected chi connectivity index (χ0v) is 17.5. The molecule has 0 spiro atoms. The molecule has 0 aromatic heterocycles. The fraction of sp³-hybridized carbons (Fsp3) is 0.381. The van der Waals surface area contributed by atoms with Crippen LogP contribution in [0.2, 0.25) is 0 Å². The summed E-state index contributed by atoms with van der Waals surface area (Å²) in [5.41, 5.74) is 0.356. The Balaban J connectivity index is 2.52. The third-order valence-electron chi connectivity index (χ3n) is 4.27. The molecule has 0 N–H and O–H groups in total. The molecule has 0 bridgehead atoms. The van der Waals surface area contributed by atoms with Crippen molar-refractivity contribution in [3.8, 4) is 5.75 Å². The van der Waals surface area contributed by atoms with E-state index in [0.29, 0.717) is 31.1 Å².